The minimum Gasteiger partial charge on any atom is -0.369 e. The summed E-state index contributed by atoms with van der Waals surface area (Å²) in [5, 5.41) is 0. The molecule has 0 atom stereocenters. The molecule has 0 saturated carbocycles. The van der Waals surface area contributed by atoms with Crippen molar-refractivity contribution in [1.82, 2.24) is 9.88 Å². The third-order valence-corrected chi connectivity index (χ3v) is 4.34. The number of anilines is 1. The predicted molar refractivity (Wildman–Crippen MR) is 109 cm³/mol. The summed E-state index contributed by atoms with van der Waals surface area (Å²) in [6.45, 7) is 13.7. The van der Waals surface area contributed by atoms with Gasteiger partial charge in [0.2, 0.25) is 0 Å². The van der Waals surface area contributed by atoms with Crippen molar-refractivity contribution in [3.8, 4) is 0 Å². The molecule has 0 aliphatic rings. The van der Waals surface area contributed by atoms with Gasteiger partial charge in [0.25, 0.3) is 0 Å². The highest BCUT2D eigenvalue weighted by Gasteiger charge is 2.11. The zero-order valence-electron chi connectivity index (χ0n) is 16.1. The number of hydrogen-bond donors (Lipinski definition) is 0. The fraction of sp³-hybridized carbons (Fsp3) is 0.409. The smallest absolute Gasteiger partial charge is 0.129 e. The van der Waals surface area contributed by atoms with Crippen molar-refractivity contribution in [2.75, 3.05) is 25.0 Å². The molecule has 25 heavy (non-hydrogen) atoms. The van der Waals surface area contributed by atoms with E-state index < -0.39 is 0 Å². The van der Waals surface area contributed by atoms with Crippen LogP contribution in [-0.2, 0) is 6.54 Å². The molecule has 1 aromatic heterocycles. The standard InChI is InChI=1S/C22H31N3/c1-6-15-25(16-7-2)22-10-8-9-21(23-22)19(4)24(5)17-20-13-11-18(3)12-14-20/h8-14H,4,6-7,15-17H2,1-3,5H3. The van der Waals surface area contributed by atoms with E-state index >= 15 is 0 Å². The third kappa shape index (κ3) is 5.35. The Bertz CT molecular complexity index is 670. The SMILES string of the molecule is C=C(c1cccc(N(CCC)CCC)n1)N(C)Cc1ccc(C)cc1. The summed E-state index contributed by atoms with van der Waals surface area (Å²) in [5.74, 6) is 1.05. The fourth-order valence-corrected chi connectivity index (χ4v) is 2.90. The molecule has 1 heterocycles. The van der Waals surface area contributed by atoms with Crippen LogP contribution >= 0.6 is 0 Å². The molecule has 0 spiro atoms. The highest BCUT2D eigenvalue weighted by molar-refractivity contribution is 5.60. The summed E-state index contributed by atoms with van der Waals surface area (Å²) in [7, 11) is 2.08. The molecule has 3 heteroatoms. The summed E-state index contributed by atoms with van der Waals surface area (Å²) in [4.78, 5) is 9.40. The Kier molecular flexibility index (Phi) is 7.05. The van der Waals surface area contributed by atoms with Gasteiger partial charge in [-0.3, -0.25) is 0 Å². The maximum atomic E-state index is 4.87. The molecule has 2 aromatic rings. The van der Waals surface area contributed by atoms with E-state index in [2.05, 4.69) is 80.6 Å². The van der Waals surface area contributed by atoms with Gasteiger partial charge in [0.15, 0.2) is 0 Å². The van der Waals surface area contributed by atoms with Gasteiger partial charge < -0.3 is 9.80 Å². The fourth-order valence-electron chi connectivity index (χ4n) is 2.90. The van der Waals surface area contributed by atoms with Crippen LogP contribution < -0.4 is 4.90 Å². The van der Waals surface area contributed by atoms with Crippen LogP contribution in [0.15, 0.2) is 49.0 Å². The van der Waals surface area contributed by atoms with Crippen molar-refractivity contribution in [2.45, 2.75) is 40.2 Å². The Morgan fingerprint density at radius 3 is 2.24 bits per heavy atom. The van der Waals surface area contributed by atoms with E-state index in [0.717, 1.165) is 49.7 Å². The molecule has 3 nitrogen and oxygen atoms in total. The number of aryl methyl sites for hydroxylation is 1. The quantitative estimate of drug-likeness (QED) is 0.633. The number of nitrogens with zero attached hydrogens (tertiary/aromatic N) is 3. The highest BCUT2D eigenvalue weighted by atomic mass is 15.2. The molecule has 0 bridgehead atoms. The number of rotatable bonds is 9. The van der Waals surface area contributed by atoms with Crippen molar-refractivity contribution in [3.63, 3.8) is 0 Å². The second-order valence-electron chi connectivity index (χ2n) is 6.66. The second kappa shape index (κ2) is 9.26. The molecule has 2 rings (SSSR count). The summed E-state index contributed by atoms with van der Waals surface area (Å²) in [6.07, 6.45) is 2.25. The molecular formula is C22H31N3. The molecular weight excluding hydrogens is 306 g/mol. The van der Waals surface area contributed by atoms with Gasteiger partial charge in [0.05, 0.1) is 11.4 Å². The minimum atomic E-state index is 0.832. The molecule has 134 valence electrons. The van der Waals surface area contributed by atoms with Gasteiger partial charge >= 0.3 is 0 Å². The van der Waals surface area contributed by atoms with Gasteiger partial charge in [-0.15, -0.1) is 0 Å². The van der Waals surface area contributed by atoms with Crippen LogP contribution in [0.4, 0.5) is 5.82 Å². The lowest BCUT2D eigenvalue weighted by Gasteiger charge is -2.25. The summed E-state index contributed by atoms with van der Waals surface area (Å²) in [6, 6.07) is 14.9. The van der Waals surface area contributed by atoms with Crippen molar-refractivity contribution < 1.29 is 0 Å². The first kappa shape index (κ1) is 19.0. The van der Waals surface area contributed by atoms with Crippen LogP contribution in [0, 0.1) is 6.92 Å². The summed E-state index contributed by atoms with van der Waals surface area (Å²) >= 11 is 0. The van der Waals surface area contributed by atoms with Gasteiger partial charge in [-0.25, -0.2) is 4.98 Å². The average Bonchev–Trinajstić information content (AvgIpc) is 2.63. The molecule has 1 aromatic carbocycles. The molecule has 0 aliphatic carbocycles. The minimum absolute atomic E-state index is 0.832. The van der Waals surface area contributed by atoms with Gasteiger partial charge in [0, 0.05) is 26.7 Å². The largest absolute Gasteiger partial charge is 0.369 e. The van der Waals surface area contributed by atoms with Crippen LogP contribution in [0.1, 0.15) is 43.5 Å². The summed E-state index contributed by atoms with van der Waals surface area (Å²) in [5.41, 5.74) is 4.47. The first-order valence-electron chi connectivity index (χ1n) is 9.23. The molecule has 0 radical (unpaired) electrons. The Morgan fingerprint density at radius 1 is 1.00 bits per heavy atom. The Morgan fingerprint density at radius 2 is 1.64 bits per heavy atom. The van der Waals surface area contributed by atoms with Gasteiger partial charge in [-0.2, -0.15) is 0 Å². The lowest BCUT2D eigenvalue weighted by Crippen LogP contribution is -2.26. The van der Waals surface area contributed by atoms with Crippen molar-refractivity contribution in [1.29, 1.82) is 0 Å². The van der Waals surface area contributed by atoms with Gasteiger partial charge in [-0.1, -0.05) is 56.3 Å². The Hall–Kier alpha value is -2.29. The number of benzene rings is 1. The van der Waals surface area contributed by atoms with E-state index in [0.29, 0.717) is 0 Å². The van der Waals surface area contributed by atoms with E-state index in [4.69, 9.17) is 4.98 Å². The van der Waals surface area contributed by atoms with E-state index in [9.17, 15) is 0 Å². The van der Waals surface area contributed by atoms with Gasteiger partial charge in [-0.05, 0) is 37.5 Å². The lowest BCUT2D eigenvalue weighted by molar-refractivity contribution is 0.474. The molecule has 0 N–H and O–H groups in total. The molecule has 0 saturated heterocycles. The molecule has 0 amide bonds. The van der Waals surface area contributed by atoms with Crippen LogP contribution in [0.2, 0.25) is 0 Å². The van der Waals surface area contributed by atoms with E-state index in [1.165, 1.54) is 11.1 Å². The van der Waals surface area contributed by atoms with Crippen LogP contribution in [-0.4, -0.2) is 30.0 Å². The second-order valence-corrected chi connectivity index (χ2v) is 6.66. The van der Waals surface area contributed by atoms with Crippen molar-refractivity contribution >= 4 is 11.5 Å². The molecule has 0 fully saturated rings. The lowest BCUT2D eigenvalue weighted by atomic mass is 10.1. The number of aromatic nitrogens is 1. The average molecular weight is 338 g/mol. The maximum Gasteiger partial charge on any atom is 0.129 e. The predicted octanol–water partition coefficient (Wildman–Crippen LogP) is 5.12. The van der Waals surface area contributed by atoms with E-state index in [1.54, 1.807) is 0 Å². The third-order valence-electron chi connectivity index (χ3n) is 4.34. The van der Waals surface area contributed by atoms with Gasteiger partial charge in [0.1, 0.15) is 5.82 Å². The zero-order chi connectivity index (χ0) is 18.2. The number of pyridine rings is 1. The van der Waals surface area contributed by atoms with E-state index in [1.807, 2.05) is 6.07 Å². The maximum absolute atomic E-state index is 4.87. The Balaban J connectivity index is 2.12. The van der Waals surface area contributed by atoms with Crippen LogP contribution in [0.25, 0.3) is 5.70 Å². The van der Waals surface area contributed by atoms with Crippen LogP contribution in [0.5, 0.6) is 0 Å². The first-order chi connectivity index (χ1) is 12.0. The first-order valence-corrected chi connectivity index (χ1v) is 9.23. The Labute approximate surface area is 153 Å². The van der Waals surface area contributed by atoms with E-state index in [-0.39, 0.29) is 0 Å². The van der Waals surface area contributed by atoms with Crippen molar-refractivity contribution in [2.24, 2.45) is 0 Å². The zero-order valence-corrected chi connectivity index (χ0v) is 16.1. The highest BCUT2D eigenvalue weighted by Crippen LogP contribution is 2.20. The summed E-state index contributed by atoms with van der Waals surface area (Å²) < 4.78 is 0. The number of hydrogen-bond acceptors (Lipinski definition) is 3. The topological polar surface area (TPSA) is 19.4 Å². The molecule has 0 aliphatic heterocycles. The van der Waals surface area contributed by atoms with Crippen molar-refractivity contribution in [3.05, 3.63) is 65.9 Å². The normalized spacial score (nSPS) is 10.6. The molecule has 0 unspecified atom stereocenters. The van der Waals surface area contributed by atoms with Crippen LogP contribution in [0.3, 0.4) is 0 Å². The monoisotopic (exact) mass is 337 g/mol.